The molecule has 0 aromatic carbocycles. The van der Waals surface area contributed by atoms with Gasteiger partial charge in [-0.15, -0.1) is 0 Å². The molecule has 0 spiro atoms. The van der Waals surface area contributed by atoms with Crippen molar-refractivity contribution in [3.05, 3.63) is 0 Å². The molecule has 0 radical (unpaired) electrons. The number of nitrogens with one attached hydrogen (secondary N) is 1. The average Bonchev–Trinajstić information content (AvgIpc) is 2.20. The van der Waals surface area contributed by atoms with Crippen LogP contribution < -0.4 is 5.32 Å². The van der Waals surface area contributed by atoms with Gasteiger partial charge in [0, 0.05) is 18.6 Å². The molecule has 0 fully saturated rings. The lowest BCUT2D eigenvalue weighted by Gasteiger charge is -2.31. The fraction of sp³-hybridized carbons (Fsp3) is 1.00. The van der Waals surface area contributed by atoms with Crippen molar-refractivity contribution in [1.29, 1.82) is 0 Å². The van der Waals surface area contributed by atoms with Gasteiger partial charge in [0.2, 0.25) is 0 Å². The van der Waals surface area contributed by atoms with Gasteiger partial charge in [-0.05, 0) is 19.8 Å². The first-order valence-corrected chi connectivity index (χ1v) is 5.13. The summed E-state index contributed by atoms with van der Waals surface area (Å²) in [6.07, 6.45) is -0.758. The third-order valence-electron chi connectivity index (χ3n) is 3.01. The second kappa shape index (κ2) is 6.30. The number of aliphatic hydroxyl groups excluding tert-OH is 1. The van der Waals surface area contributed by atoms with Crippen molar-refractivity contribution in [1.82, 2.24) is 5.32 Å². The van der Waals surface area contributed by atoms with Crippen LogP contribution >= 0.6 is 0 Å². The highest BCUT2D eigenvalue weighted by atomic mass is 19.3. The molecule has 4 heteroatoms. The summed E-state index contributed by atoms with van der Waals surface area (Å²) in [5, 5.41) is 12.0. The molecule has 0 aliphatic rings. The molecule has 0 saturated heterocycles. The van der Waals surface area contributed by atoms with Crippen molar-refractivity contribution in [3.8, 4) is 0 Å². The second-order valence-electron chi connectivity index (χ2n) is 3.87. The summed E-state index contributed by atoms with van der Waals surface area (Å²) in [4.78, 5) is 0. The Morgan fingerprint density at radius 3 is 2.07 bits per heavy atom. The average molecular weight is 209 g/mol. The van der Waals surface area contributed by atoms with Gasteiger partial charge >= 0.3 is 0 Å². The molecule has 0 aromatic rings. The van der Waals surface area contributed by atoms with Crippen LogP contribution in [0.4, 0.5) is 8.78 Å². The molecule has 0 aliphatic heterocycles. The summed E-state index contributed by atoms with van der Waals surface area (Å²) in [6.45, 7) is 5.88. The Hall–Kier alpha value is -0.220. The van der Waals surface area contributed by atoms with Gasteiger partial charge in [-0.1, -0.05) is 13.8 Å². The van der Waals surface area contributed by atoms with E-state index < -0.39 is 12.5 Å². The van der Waals surface area contributed by atoms with Gasteiger partial charge in [-0.25, -0.2) is 8.78 Å². The summed E-state index contributed by atoms with van der Waals surface area (Å²) < 4.78 is 24.4. The molecular formula is C10H21F2NO. The van der Waals surface area contributed by atoms with E-state index in [1.807, 2.05) is 13.8 Å². The van der Waals surface area contributed by atoms with Crippen molar-refractivity contribution in [2.24, 2.45) is 5.41 Å². The highest BCUT2D eigenvalue weighted by Gasteiger charge is 2.26. The van der Waals surface area contributed by atoms with E-state index in [9.17, 15) is 13.9 Å². The Morgan fingerprint density at radius 2 is 1.79 bits per heavy atom. The van der Waals surface area contributed by atoms with Crippen LogP contribution in [0.1, 0.15) is 33.6 Å². The van der Waals surface area contributed by atoms with E-state index in [0.29, 0.717) is 6.54 Å². The van der Waals surface area contributed by atoms with E-state index in [-0.39, 0.29) is 12.0 Å². The first-order valence-electron chi connectivity index (χ1n) is 5.13. The zero-order valence-electron chi connectivity index (χ0n) is 9.19. The monoisotopic (exact) mass is 209 g/mol. The Labute approximate surface area is 84.7 Å². The summed E-state index contributed by atoms with van der Waals surface area (Å²) in [5.74, 6) is 0. The van der Waals surface area contributed by atoms with Crippen molar-refractivity contribution < 1.29 is 13.9 Å². The first kappa shape index (κ1) is 13.8. The van der Waals surface area contributed by atoms with Crippen LogP contribution in [-0.2, 0) is 0 Å². The van der Waals surface area contributed by atoms with Crippen molar-refractivity contribution in [2.75, 3.05) is 13.2 Å². The van der Waals surface area contributed by atoms with Crippen molar-refractivity contribution in [2.45, 2.75) is 46.1 Å². The highest BCUT2D eigenvalue weighted by molar-refractivity contribution is 4.80. The van der Waals surface area contributed by atoms with E-state index >= 15 is 0 Å². The standard InChI is InChI=1S/C10H21F2NO/c1-4-10(5-2,7-14)6-13-8(3)9(11)12/h8-9,13-14H,4-7H2,1-3H3. The minimum Gasteiger partial charge on any atom is -0.396 e. The molecule has 1 unspecified atom stereocenters. The first-order chi connectivity index (χ1) is 6.51. The summed E-state index contributed by atoms with van der Waals surface area (Å²) in [5.41, 5.74) is -0.247. The lowest BCUT2D eigenvalue weighted by Crippen LogP contribution is -2.42. The van der Waals surface area contributed by atoms with Crippen LogP contribution in [0.2, 0.25) is 0 Å². The maximum Gasteiger partial charge on any atom is 0.253 e. The van der Waals surface area contributed by atoms with E-state index in [2.05, 4.69) is 5.32 Å². The number of alkyl halides is 2. The molecule has 86 valence electrons. The molecular weight excluding hydrogens is 188 g/mol. The molecule has 0 bridgehead atoms. The third kappa shape index (κ3) is 3.88. The quantitative estimate of drug-likeness (QED) is 0.672. The van der Waals surface area contributed by atoms with E-state index in [1.165, 1.54) is 6.92 Å². The van der Waals surface area contributed by atoms with Crippen molar-refractivity contribution >= 4 is 0 Å². The van der Waals surface area contributed by atoms with Gasteiger partial charge in [0.1, 0.15) is 0 Å². The Kier molecular flexibility index (Phi) is 6.20. The smallest absolute Gasteiger partial charge is 0.253 e. The van der Waals surface area contributed by atoms with E-state index in [0.717, 1.165) is 12.8 Å². The van der Waals surface area contributed by atoms with Crippen LogP contribution in [-0.4, -0.2) is 30.7 Å². The molecule has 0 aromatic heterocycles. The van der Waals surface area contributed by atoms with Crippen LogP contribution in [0.25, 0.3) is 0 Å². The zero-order valence-corrected chi connectivity index (χ0v) is 9.19. The fourth-order valence-electron chi connectivity index (χ4n) is 1.25. The van der Waals surface area contributed by atoms with Crippen LogP contribution in [0.15, 0.2) is 0 Å². The Bertz CT molecular complexity index is 141. The Balaban J connectivity index is 4.05. The van der Waals surface area contributed by atoms with E-state index in [1.54, 1.807) is 0 Å². The van der Waals surface area contributed by atoms with Crippen LogP contribution in [0.5, 0.6) is 0 Å². The molecule has 2 N–H and O–H groups in total. The summed E-state index contributed by atoms with van der Waals surface area (Å²) >= 11 is 0. The molecule has 0 saturated carbocycles. The van der Waals surface area contributed by atoms with Crippen LogP contribution in [0.3, 0.4) is 0 Å². The predicted molar refractivity (Wildman–Crippen MR) is 53.6 cm³/mol. The van der Waals surface area contributed by atoms with E-state index in [4.69, 9.17) is 0 Å². The molecule has 0 aliphatic carbocycles. The fourth-order valence-corrected chi connectivity index (χ4v) is 1.25. The molecule has 0 heterocycles. The highest BCUT2D eigenvalue weighted by Crippen LogP contribution is 2.24. The Morgan fingerprint density at radius 1 is 1.29 bits per heavy atom. The van der Waals surface area contributed by atoms with Gasteiger partial charge < -0.3 is 10.4 Å². The number of halogens is 2. The van der Waals surface area contributed by atoms with Gasteiger partial charge in [-0.3, -0.25) is 0 Å². The number of hydrogen-bond donors (Lipinski definition) is 2. The minimum atomic E-state index is -2.35. The molecule has 2 nitrogen and oxygen atoms in total. The van der Waals surface area contributed by atoms with Gasteiger partial charge in [0.05, 0.1) is 6.04 Å². The maximum absolute atomic E-state index is 12.2. The maximum atomic E-state index is 12.2. The predicted octanol–water partition coefficient (Wildman–Crippen LogP) is 2.03. The minimum absolute atomic E-state index is 0.0446. The normalized spacial score (nSPS) is 14.8. The van der Waals surface area contributed by atoms with Crippen molar-refractivity contribution in [3.63, 3.8) is 0 Å². The molecule has 1 atom stereocenters. The number of rotatable bonds is 7. The number of hydrogen-bond acceptors (Lipinski definition) is 2. The zero-order chi connectivity index (χ0) is 11.2. The van der Waals surface area contributed by atoms with Gasteiger partial charge in [-0.2, -0.15) is 0 Å². The topological polar surface area (TPSA) is 32.3 Å². The molecule has 0 rings (SSSR count). The van der Waals surface area contributed by atoms with Gasteiger partial charge in [0.15, 0.2) is 0 Å². The molecule has 0 amide bonds. The largest absolute Gasteiger partial charge is 0.396 e. The lowest BCUT2D eigenvalue weighted by atomic mass is 9.83. The SMILES string of the molecule is CCC(CC)(CO)CNC(C)C(F)F. The number of aliphatic hydroxyl groups is 1. The lowest BCUT2D eigenvalue weighted by molar-refractivity contribution is 0.0755. The second-order valence-corrected chi connectivity index (χ2v) is 3.87. The van der Waals surface area contributed by atoms with Gasteiger partial charge in [0.25, 0.3) is 6.43 Å². The van der Waals surface area contributed by atoms with Crippen LogP contribution in [0, 0.1) is 5.41 Å². The summed E-state index contributed by atoms with van der Waals surface area (Å²) in [6, 6.07) is -0.806. The molecule has 14 heavy (non-hydrogen) atoms. The third-order valence-corrected chi connectivity index (χ3v) is 3.01. The summed E-state index contributed by atoms with van der Waals surface area (Å²) in [7, 11) is 0.